The summed E-state index contributed by atoms with van der Waals surface area (Å²) in [5.41, 5.74) is 3.13. The molecule has 0 saturated heterocycles. The highest BCUT2D eigenvalue weighted by Gasteiger charge is 2.31. The first-order valence-electron chi connectivity index (χ1n) is 7.01. The van der Waals surface area contributed by atoms with Crippen molar-refractivity contribution in [1.82, 2.24) is 0 Å². The van der Waals surface area contributed by atoms with Crippen LogP contribution in [0.15, 0.2) is 42.5 Å². The molecule has 1 atom stereocenters. The van der Waals surface area contributed by atoms with Crippen molar-refractivity contribution in [2.45, 2.75) is 19.3 Å². The summed E-state index contributed by atoms with van der Waals surface area (Å²) < 4.78 is 0. The standard InChI is InChI=1S/C17H15ClN2O2/c1-10-13(18)6-4-8-14(10)19-16(21)9-12-11-5-2-3-7-15(11)20-17(12)22/h2-8,12H,9H2,1H3,(H,19,21)(H,20,22)/t12-/m0/s1. The van der Waals surface area contributed by atoms with E-state index >= 15 is 0 Å². The monoisotopic (exact) mass is 314 g/mol. The van der Waals surface area contributed by atoms with Gasteiger partial charge >= 0.3 is 0 Å². The molecule has 1 aliphatic heterocycles. The van der Waals surface area contributed by atoms with Crippen molar-refractivity contribution in [1.29, 1.82) is 0 Å². The lowest BCUT2D eigenvalue weighted by Gasteiger charge is -2.12. The number of fused-ring (bicyclic) bond motifs is 1. The molecule has 3 rings (SSSR count). The van der Waals surface area contributed by atoms with Crippen molar-refractivity contribution in [3.05, 3.63) is 58.6 Å². The molecular formula is C17H15ClN2O2. The Morgan fingerprint density at radius 3 is 2.82 bits per heavy atom. The third-order valence-electron chi connectivity index (χ3n) is 3.84. The van der Waals surface area contributed by atoms with Gasteiger partial charge in [-0.2, -0.15) is 0 Å². The van der Waals surface area contributed by atoms with Crippen LogP contribution in [0.5, 0.6) is 0 Å². The zero-order valence-electron chi connectivity index (χ0n) is 12.0. The van der Waals surface area contributed by atoms with Gasteiger partial charge in [-0.15, -0.1) is 0 Å². The van der Waals surface area contributed by atoms with Crippen LogP contribution in [0.4, 0.5) is 11.4 Å². The fourth-order valence-electron chi connectivity index (χ4n) is 2.61. The Kier molecular flexibility index (Phi) is 3.86. The third-order valence-corrected chi connectivity index (χ3v) is 4.25. The van der Waals surface area contributed by atoms with Crippen molar-refractivity contribution in [2.24, 2.45) is 0 Å². The summed E-state index contributed by atoms with van der Waals surface area (Å²) in [6.45, 7) is 1.84. The van der Waals surface area contributed by atoms with E-state index < -0.39 is 5.92 Å². The first-order chi connectivity index (χ1) is 10.6. The second kappa shape index (κ2) is 5.81. The third kappa shape index (κ3) is 2.70. The van der Waals surface area contributed by atoms with Crippen molar-refractivity contribution in [3.63, 3.8) is 0 Å². The van der Waals surface area contributed by atoms with Gasteiger partial charge in [-0.1, -0.05) is 35.9 Å². The van der Waals surface area contributed by atoms with E-state index in [1.54, 1.807) is 18.2 Å². The molecular weight excluding hydrogens is 300 g/mol. The van der Waals surface area contributed by atoms with Crippen molar-refractivity contribution in [2.75, 3.05) is 10.6 Å². The molecule has 0 radical (unpaired) electrons. The Balaban J connectivity index is 1.75. The van der Waals surface area contributed by atoms with Gasteiger partial charge in [0.25, 0.3) is 0 Å². The number of hydrogen-bond donors (Lipinski definition) is 2. The molecule has 0 fully saturated rings. The van der Waals surface area contributed by atoms with Gasteiger partial charge in [0.1, 0.15) is 0 Å². The minimum Gasteiger partial charge on any atom is -0.326 e. The van der Waals surface area contributed by atoms with E-state index in [9.17, 15) is 9.59 Å². The summed E-state index contributed by atoms with van der Waals surface area (Å²) in [4.78, 5) is 24.3. The number of nitrogens with one attached hydrogen (secondary N) is 2. The molecule has 0 aliphatic carbocycles. The number of rotatable bonds is 3. The van der Waals surface area contributed by atoms with Crippen LogP contribution < -0.4 is 10.6 Å². The van der Waals surface area contributed by atoms with Crippen LogP contribution in [0.25, 0.3) is 0 Å². The lowest BCUT2D eigenvalue weighted by molar-refractivity contribution is -0.122. The summed E-state index contributed by atoms with van der Waals surface area (Å²) in [6.07, 6.45) is 0.106. The second-order valence-electron chi connectivity index (χ2n) is 5.29. The van der Waals surface area contributed by atoms with E-state index in [0.717, 1.165) is 16.8 Å². The lowest BCUT2D eigenvalue weighted by Crippen LogP contribution is -2.20. The first-order valence-corrected chi connectivity index (χ1v) is 7.39. The van der Waals surface area contributed by atoms with E-state index in [4.69, 9.17) is 11.6 Å². The Morgan fingerprint density at radius 2 is 2.00 bits per heavy atom. The number of hydrogen-bond acceptors (Lipinski definition) is 2. The van der Waals surface area contributed by atoms with Crippen molar-refractivity contribution in [3.8, 4) is 0 Å². The van der Waals surface area contributed by atoms with E-state index in [1.807, 2.05) is 31.2 Å². The van der Waals surface area contributed by atoms with Crippen LogP contribution >= 0.6 is 11.6 Å². The van der Waals surface area contributed by atoms with Gasteiger partial charge in [-0.05, 0) is 36.2 Å². The number of carbonyl (C=O) groups excluding carboxylic acids is 2. The number of amides is 2. The summed E-state index contributed by atoms with van der Waals surface area (Å²) in [5.74, 6) is -0.794. The van der Waals surface area contributed by atoms with Gasteiger partial charge in [-0.3, -0.25) is 9.59 Å². The van der Waals surface area contributed by atoms with Crippen LogP contribution in [0, 0.1) is 6.92 Å². The van der Waals surface area contributed by atoms with Gasteiger partial charge in [0.05, 0.1) is 5.92 Å². The van der Waals surface area contributed by atoms with E-state index in [-0.39, 0.29) is 18.2 Å². The average Bonchev–Trinajstić information content (AvgIpc) is 2.80. The molecule has 0 aromatic heterocycles. The Morgan fingerprint density at radius 1 is 1.23 bits per heavy atom. The summed E-state index contributed by atoms with van der Waals surface area (Å²) >= 11 is 6.04. The fraction of sp³-hybridized carbons (Fsp3) is 0.176. The summed E-state index contributed by atoms with van der Waals surface area (Å²) in [7, 11) is 0. The van der Waals surface area contributed by atoms with Gasteiger partial charge in [0.15, 0.2) is 0 Å². The van der Waals surface area contributed by atoms with Crippen LogP contribution in [-0.2, 0) is 9.59 Å². The molecule has 4 nitrogen and oxygen atoms in total. The highest BCUT2D eigenvalue weighted by atomic mass is 35.5. The molecule has 2 aromatic rings. The molecule has 0 bridgehead atoms. The van der Waals surface area contributed by atoms with Crippen LogP contribution in [0.2, 0.25) is 5.02 Å². The maximum absolute atomic E-state index is 12.3. The van der Waals surface area contributed by atoms with Gasteiger partial charge in [0.2, 0.25) is 11.8 Å². The van der Waals surface area contributed by atoms with Crippen LogP contribution in [0.1, 0.15) is 23.5 Å². The molecule has 1 aliphatic rings. The van der Waals surface area contributed by atoms with Crippen LogP contribution in [0.3, 0.4) is 0 Å². The molecule has 112 valence electrons. The fourth-order valence-corrected chi connectivity index (χ4v) is 2.78. The maximum Gasteiger partial charge on any atom is 0.232 e. The van der Waals surface area contributed by atoms with Gasteiger partial charge < -0.3 is 10.6 Å². The maximum atomic E-state index is 12.3. The number of halogens is 1. The zero-order chi connectivity index (χ0) is 15.7. The number of carbonyl (C=O) groups is 2. The average molecular weight is 315 g/mol. The second-order valence-corrected chi connectivity index (χ2v) is 5.70. The number of anilines is 2. The Hall–Kier alpha value is -2.33. The van der Waals surface area contributed by atoms with Gasteiger partial charge in [-0.25, -0.2) is 0 Å². The number of benzene rings is 2. The largest absolute Gasteiger partial charge is 0.326 e. The molecule has 5 heteroatoms. The lowest BCUT2D eigenvalue weighted by atomic mass is 9.97. The van der Waals surface area contributed by atoms with Crippen molar-refractivity contribution >= 4 is 34.8 Å². The molecule has 2 aromatic carbocycles. The molecule has 0 unspecified atom stereocenters. The van der Waals surface area contributed by atoms with E-state index in [1.165, 1.54) is 0 Å². The van der Waals surface area contributed by atoms with Gasteiger partial charge in [0, 0.05) is 22.8 Å². The molecule has 1 heterocycles. The minimum atomic E-state index is -0.448. The molecule has 0 spiro atoms. The SMILES string of the molecule is Cc1c(Cl)cccc1NC(=O)C[C@@H]1C(=O)Nc2ccccc21. The topological polar surface area (TPSA) is 58.2 Å². The summed E-state index contributed by atoms with van der Waals surface area (Å²) in [5, 5.41) is 6.22. The Labute approximate surface area is 133 Å². The molecule has 2 N–H and O–H groups in total. The molecule has 22 heavy (non-hydrogen) atoms. The summed E-state index contributed by atoms with van der Waals surface area (Å²) in [6, 6.07) is 12.8. The minimum absolute atomic E-state index is 0.106. The van der Waals surface area contributed by atoms with E-state index in [2.05, 4.69) is 10.6 Å². The quantitative estimate of drug-likeness (QED) is 0.907. The molecule has 2 amide bonds. The normalized spacial score (nSPS) is 16.1. The predicted molar refractivity (Wildman–Crippen MR) is 87.2 cm³/mol. The Bertz CT molecular complexity index is 758. The first kappa shape index (κ1) is 14.6. The smallest absolute Gasteiger partial charge is 0.232 e. The van der Waals surface area contributed by atoms with Crippen LogP contribution in [-0.4, -0.2) is 11.8 Å². The zero-order valence-corrected chi connectivity index (χ0v) is 12.8. The number of para-hydroxylation sites is 1. The van der Waals surface area contributed by atoms with Crippen molar-refractivity contribution < 1.29 is 9.59 Å². The van der Waals surface area contributed by atoms with E-state index in [0.29, 0.717) is 10.7 Å². The highest BCUT2D eigenvalue weighted by Crippen LogP contribution is 2.34. The predicted octanol–water partition coefficient (Wildman–Crippen LogP) is 3.71. The molecule has 0 saturated carbocycles. The highest BCUT2D eigenvalue weighted by molar-refractivity contribution is 6.31.